The summed E-state index contributed by atoms with van der Waals surface area (Å²) in [5.41, 5.74) is 1.99. The van der Waals surface area contributed by atoms with Crippen LogP contribution >= 0.6 is 15.9 Å². The van der Waals surface area contributed by atoms with Gasteiger partial charge in [-0.15, -0.1) is 0 Å². The number of alkyl halides is 1. The molecular formula is C12H18BrN3O2. The highest BCUT2D eigenvalue weighted by Crippen LogP contribution is 2.10. The van der Waals surface area contributed by atoms with Crippen LogP contribution in [0.2, 0.25) is 0 Å². The summed E-state index contributed by atoms with van der Waals surface area (Å²) >= 11 is 3.47. The molecule has 1 amide bonds. The molecule has 0 aliphatic carbocycles. The second-order valence-corrected chi connectivity index (χ2v) is 5.52. The standard InChI is InChI=1S/C12H18BrN3O2/c1-8-5-11(9(2)15-14-8)12(17)16(3)6-10(13)7-18-4/h5,10H,6-7H2,1-4H3. The lowest BCUT2D eigenvalue weighted by atomic mass is 10.1. The number of hydrogen-bond donors (Lipinski definition) is 0. The molecule has 1 atom stereocenters. The van der Waals surface area contributed by atoms with E-state index in [1.807, 2.05) is 6.92 Å². The Balaban J connectivity index is 2.77. The minimum Gasteiger partial charge on any atom is -0.383 e. The van der Waals surface area contributed by atoms with Gasteiger partial charge in [0.25, 0.3) is 5.91 Å². The normalized spacial score (nSPS) is 12.3. The number of aryl methyl sites for hydroxylation is 2. The predicted molar refractivity (Wildman–Crippen MR) is 73.1 cm³/mol. The number of amides is 1. The van der Waals surface area contributed by atoms with Crippen molar-refractivity contribution in [1.82, 2.24) is 15.1 Å². The van der Waals surface area contributed by atoms with Crippen LogP contribution in [0.5, 0.6) is 0 Å². The molecule has 100 valence electrons. The molecule has 0 aromatic carbocycles. The molecule has 0 radical (unpaired) electrons. The molecule has 1 aromatic heterocycles. The van der Waals surface area contributed by atoms with Crippen LogP contribution in [0.15, 0.2) is 6.07 Å². The number of ether oxygens (including phenoxy) is 1. The molecule has 0 aliphatic rings. The van der Waals surface area contributed by atoms with Crippen LogP contribution in [0.1, 0.15) is 21.7 Å². The van der Waals surface area contributed by atoms with E-state index in [0.29, 0.717) is 24.4 Å². The lowest BCUT2D eigenvalue weighted by molar-refractivity contribution is 0.0782. The SMILES string of the molecule is COCC(Br)CN(C)C(=O)c1cc(C)nnc1C. The van der Waals surface area contributed by atoms with E-state index in [1.54, 1.807) is 32.0 Å². The Morgan fingerprint density at radius 2 is 2.17 bits per heavy atom. The van der Waals surface area contributed by atoms with E-state index in [0.717, 1.165) is 5.69 Å². The number of halogens is 1. The zero-order valence-corrected chi connectivity index (χ0v) is 12.7. The highest BCUT2D eigenvalue weighted by molar-refractivity contribution is 9.09. The number of aromatic nitrogens is 2. The van der Waals surface area contributed by atoms with Crippen LogP contribution in [0.25, 0.3) is 0 Å². The van der Waals surface area contributed by atoms with Crippen molar-refractivity contribution in [2.24, 2.45) is 0 Å². The summed E-state index contributed by atoms with van der Waals surface area (Å²) in [6.45, 7) is 4.74. The number of rotatable bonds is 5. The minimum atomic E-state index is -0.0500. The molecule has 1 unspecified atom stereocenters. The average molecular weight is 316 g/mol. The van der Waals surface area contributed by atoms with E-state index >= 15 is 0 Å². The summed E-state index contributed by atoms with van der Waals surface area (Å²) in [7, 11) is 3.40. The van der Waals surface area contributed by atoms with Gasteiger partial charge in [-0.25, -0.2) is 0 Å². The van der Waals surface area contributed by atoms with Gasteiger partial charge in [0.1, 0.15) is 0 Å². The first-order chi connectivity index (χ1) is 8.45. The van der Waals surface area contributed by atoms with Crippen LogP contribution in [-0.2, 0) is 4.74 Å². The number of carbonyl (C=O) groups is 1. The van der Waals surface area contributed by atoms with Crippen molar-refractivity contribution in [3.05, 3.63) is 23.0 Å². The third-order valence-electron chi connectivity index (χ3n) is 2.50. The monoisotopic (exact) mass is 315 g/mol. The topological polar surface area (TPSA) is 55.3 Å². The van der Waals surface area contributed by atoms with E-state index in [2.05, 4.69) is 26.1 Å². The van der Waals surface area contributed by atoms with E-state index in [1.165, 1.54) is 0 Å². The van der Waals surface area contributed by atoms with Crippen molar-refractivity contribution in [2.75, 3.05) is 27.3 Å². The van der Waals surface area contributed by atoms with Gasteiger partial charge in [-0.05, 0) is 19.9 Å². The van der Waals surface area contributed by atoms with Crippen LogP contribution < -0.4 is 0 Å². The van der Waals surface area contributed by atoms with Gasteiger partial charge >= 0.3 is 0 Å². The van der Waals surface area contributed by atoms with Crippen molar-refractivity contribution < 1.29 is 9.53 Å². The molecule has 0 bridgehead atoms. The van der Waals surface area contributed by atoms with E-state index in [9.17, 15) is 4.79 Å². The number of methoxy groups -OCH3 is 1. The second-order valence-electron chi connectivity index (χ2n) is 4.22. The maximum Gasteiger partial charge on any atom is 0.255 e. The van der Waals surface area contributed by atoms with Crippen LogP contribution in [-0.4, -0.2) is 53.1 Å². The van der Waals surface area contributed by atoms with Gasteiger partial charge in [0, 0.05) is 20.7 Å². The third-order valence-corrected chi connectivity index (χ3v) is 3.05. The first kappa shape index (κ1) is 15.0. The Kier molecular flexibility index (Phi) is 5.68. The summed E-state index contributed by atoms with van der Waals surface area (Å²) < 4.78 is 5.03. The zero-order valence-electron chi connectivity index (χ0n) is 11.1. The maximum absolute atomic E-state index is 12.3. The van der Waals surface area contributed by atoms with Gasteiger partial charge < -0.3 is 9.64 Å². The summed E-state index contributed by atoms with van der Waals surface area (Å²) in [5.74, 6) is -0.0500. The maximum atomic E-state index is 12.3. The molecule has 1 rings (SSSR count). The molecule has 0 fully saturated rings. The van der Waals surface area contributed by atoms with Gasteiger partial charge in [0.15, 0.2) is 0 Å². The lowest BCUT2D eigenvalue weighted by Crippen LogP contribution is -2.34. The molecule has 0 saturated carbocycles. The fraction of sp³-hybridized carbons (Fsp3) is 0.583. The van der Waals surface area contributed by atoms with Crippen molar-refractivity contribution in [1.29, 1.82) is 0 Å². The summed E-state index contributed by atoms with van der Waals surface area (Å²) in [5, 5.41) is 7.89. The smallest absolute Gasteiger partial charge is 0.255 e. The van der Waals surface area contributed by atoms with Crippen molar-refractivity contribution in [3.63, 3.8) is 0 Å². The number of nitrogens with zero attached hydrogens (tertiary/aromatic N) is 3. The van der Waals surface area contributed by atoms with E-state index in [-0.39, 0.29) is 10.7 Å². The first-order valence-corrected chi connectivity index (χ1v) is 6.56. The molecule has 0 aliphatic heterocycles. The molecule has 0 saturated heterocycles. The Labute approximate surface area is 116 Å². The quantitative estimate of drug-likeness (QED) is 0.774. The molecule has 0 N–H and O–H groups in total. The Hall–Kier alpha value is -1.01. The summed E-state index contributed by atoms with van der Waals surface area (Å²) in [4.78, 5) is 14.0. The molecule has 18 heavy (non-hydrogen) atoms. The Bertz CT molecular complexity index is 426. The molecule has 1 aromatic rings. The van der Waals surface area contributed by atoms with Crippen molar-refractivity contribution >= 4 is 21.8 Å². The van der Waals surface area contributed by atoms with Gasteiger partial charge in [-0.3, -0.25) is 4.79 Å². The van der Waals surface area contributed by atoms with Gasteiger partial charge in [0.2, 0.25) is 0 Å². The van der Waals surface area contributed by atoms with Gasteiger partial charge in [-0.1, -0.05) is 15.9 Å². The largest absolute Gasteiger partial charge is 0.383 e. The summed E-state index contributed by atoms with van der Waals surface area (Å²) in [6.07, 6.45) is 0. The Morgan fingerprint density at radius 1 is 1.50 bits per heavy atom. The molecule has 6 heteroatoms. The van der Waals surface area contributed by atoms with Crippen molar-refractivity contribution in [2.45, 2.75) is 18.7 Å². The predicted octanol–water partition coefficient (Wildman–Crippen LogP) is 1.58. The zero-order chi connectivity index (χ0) is 13.7. The van der Waals surface area contributed by atoms with Crippen LogP contribution in [0, 0.1) is 13.8 Å². The molecule has 5 nitrogen and oxygen atoms in total. The molecule has 0 spiro atoms. The van der Waals surface area contributed by atoms with Crippen molar-refractivity contribution in [3.8, 4) is 0 Å². The van der Waals surface area contributed by atoms with Gasteiger partial charge in [0.05, 0.1) is 28.4 Å². The fourth-order valence-electron chi connectivity index (χ4n) is 1.59. The van der Waals surface area contributed by atoms with Gasteiger partial charge in [-0.2, -0.15) is 10.2 Å². The summed E-state index contributed by atoms with van der Waals surface area (Å²) in [6, 6.07) is 1.76. The highest BCUT2D eigenvalue weighted by Gasteiger charge is 2.18. The fourth-order valence-corrected chi connectivity index (χ4v) is 2.28. The van der Waals surface area contributed by atoms with E-state index in [4.69, 9.17) is 4.74 Å². The third kappa shape index (κ3) is 4.03. The van der Waals surface area contributed by atoms with Crippen LogP contribution in [0.3, 0.4) is 0 Å². The molecular weight excluding hydrogens is 298 g/mol. The Morgan fingerprint density at radius 3 is 2.78 bits per heavy atom. The first-order valence-electron chi connectivity index (χ1n) is 5.65. The highest BCUT2D eigenvalue weighted by atomic mass is 79.9. The number of carbonyl (C=O) groups excluding carboxylic acids is 1. The van der Waals surface area contributed by atoms with Crippen LogP contribution in [0.4, 0.5) is 0 Å². The van der Waals surface area contributed by atoms with E-state index < -0.39 is 0 Å². The lowest BCUT2D eigenvalue weighted by Gasteiger charge is -2.20. The average Bonchev–Trinajstić information content (AvgIpc) is 2.31. The minimum absolute atomic E-state index is 0.0500. The molecule has 1 heterocycles. The number of hydrogen-bond acceptors (Lipinski definition) is 4. The second kappa shape index (κ2) is 6.80.